The smallest absolute Gasteiger partial charge is 0.248 e. The van der Waals surface area contributed by atoms with Crippen molar-refractivity contribution in [2.75, 3.05) is 11.6 Å². The third kappa shape index (κ3) is 3.87. The molecule has 1 amide bonds. The standard InChI is InChI=1S/C11H12ClNO3S/c1-3-4-11(14)13-10-7-8(17(2,15)16)5-6-9(10)12/h3-7H,1-2H3,(H,13,14)/b4-3+. The fraction of sp³-hybridized carbons (Fsp3) is 0.182. The minimum Gasteiger partial charge on any atom is -0.321 e. The fourth-order valence-corrected chi connectivity index (χ4v) is 1.97. The highest BCUT2D eigenvalue weighted by molar-refractivity contribution is 7.90. The lowest BCUT2D eigenvalue weighted by molar-refractivity contribution is -0.111. The number of carbonyl (C=O) groups excluding carboxylic acids is 1. The maximum Gasteiger partial charge on any atom is 0.248 e. The van der Waals surface area contributed by atoms with Gasteiger partial charge in [-0.15, -0.1) is 0 Å². The van der Waals surface area contributed by atoms with Crippen LogP contribution in [-0.2, 0) is 14.6 Å². The van der Waals surface area contributed by atoms with Crippen LogP contribution in [0.2, 0.25) is 5.02 Å². The Morgan fingerprint density at radius 3 is 2.59 bits per heavy atom. The molecule has 0 spiro atoms. The molecule has 0 radical (unpaired) electrons. The van der Waals surface area contributed by atoms with E-state index in [1.165, 1.54) is 24.3 Å². The van der Waals surface area contributed by atoms with Crippen molar-refractivity contribution in [1.82, 2.24) is 0 Å². The van der Waals surface area contributed by atoms with Crippen molar-refractivity contribution in [1.29, 1.82) is 0 Å². The molecule has 0 aliphatic rings. The molecule has 4 nitrogen and oxygen atoms in total. The van der Waals surface area contributed by atoms with Gasteiger partial charge in [0, 0.05) is 6.26 Å². The van der Waals surface area contributed by atoms with Gasteiger partial charge in [0.15, 0.2) is 9.84 Å². The van der Waals surface area contributed by atoms with Crippen LogP contribution in [0.3, 0.4) is 0 Å². The van der Waals surface area contributed by atoms with Crippen molar-refractivity contribution < 1.29 is 13.2 Å². The van der Waals surface area contributed by atoms with Gasteiger partial charge in [-0.25, -0.2) is 8.42 Å². The summed E-state index contributed by atoms with van der Waals surface area (Å²) >= 11 is 5.86. The molecule has 0 aliphatic heterocycles. The SMILES string of the molecule is C/C=C/C(=O)Nc1cc(S(C)(=O)=O)ccc1Cl. The van der Waals surface area contributed by atoms with Gasteiger partial charge >= 0.3 is 0 Å². The molecule has 0 unspecified atom stereocenters. The fourth-order valence-electron chi connectivity index (χ4n) is 1.16. The number of sulfone groups is 1. The Morgan fingerprint density at radius 1 is 1.41 bits per heavy atom. The highest BCUT2D eigenvalue weighted by Gasteiger charge is 2.11. The number of carbonyl (C=O) groups is 1. The van der Waals surface area contributed by atoms with E-state index in [0.717, 1.165) is 6.26 Å². The Hall–Kier alpha value is -1.33. The molecular formula is C11H12ClNO3S. The molecule has 0 aliphatic carbocycles. The second kappa shape index (κ2) is 5.33. The Morgan fingerprint density at radius 2 is 2.06 bits per heavy atom. The summed E-state index contributed by atoms with van der Waals surface area (Å²) in [6.07, 6.45) is 3.99. The van der Waals surface area contributed by atoms with Crippen molar-refractivity contribution in [3.63, 3.8) is 0 Å². The van der Waals surface area contributed by atoms with Gasteiger partial charge in [0.05, 0.1) is 15.6 Å². The van der Waals surface area contributed by atoms with Gasteiger partial charge in [-0.2, -0.15) is 0 Å². The van der Waals surface area contributed by atoms with Crippen molar-refractivity contribution in [2.45, 2.75) is 11.8 Å². The number of hydrogen-bond acceptors (Lipinski definition) is 3. The number of allylic oxidation sites excluding steroid dienone is 1. The van der Waals surface area contributed by atoms with Gasteiger partial charge in [-0.05, 0) is 31.2 Å². The summed E-state index contributed by atoms with van der Waals surface area (Å²) in [5.41, 5.74) is 0.276. The number of halogens is 1. The first kappa shape index (κ1) is 13.7. The highest BCUT2D eigenvalue weighted by atomic mass is 35.5. The molecule has 0 bridgehead atoms. The third-order valence-electron chi connectivity index (χ3n) is 1.94. The highest BCUT2D eigenvalue weighted by Crippen LogP contribution is 2.25. The summed E-state index contributed by atoms with van der Waals surface area (Å²) in [4.78, 5) is 11.4. The molecule has 0 aromatic heterocycles. The van der Waals surface area contributed by atoms with Crippen LogP contribution in [0.5, 0.6) is 0 Å². The first-order chi connectivity index (χ1) is 7.84. The van der Waals surface area contributed by atoms with Gasteiger partial charge < -0.3 is 5.32 Å². The summed E-state index contributed by atoms with van der Waals surface area (Å²) in [7, 11) is -3.32. The molecule has 17 heavy (non-hydrogen) atoms. The lowest BCUT2D eigenvalue weighted by Gasteiger charge is -2.07. The largest absolute Gasteiger partial charge is 0.321 e. The maximum atomic E-state index is 11.3. The predicted octanol–water partition coefficient (Wildman–Crippen LogP) is 2.26. The summed E-state index contributed by atoms with van der Waals surface area (Å²) < 4.78 is 22.7. The molecule has 1 aromatic carbocycles. The van der Waals surface area contributed by atoms with Crippen LogP contribution in [-0.4, -0.2) is 20.6 Å². The molecule has 0 atom stereocenters. The van der Waals surface area contributed by atoms with Crippen molar-refractivity contribution >= 4 is 33.0 Å². The Labute approximate surface area is 105 Å². The first-order valence-electron chi connectivity index (χ1n) is 4.78. The maximum absolute atomic E-state index is 11.3. The van der Waals surface area contributed by atoms with Gasteiger partial charge in [0.25, 0.3) is 0 Å². The van der Waals surface area contributed by atoms with Crippen LogP contribution in [0.4, 0.5) is 5.69 Å². The number of hydrogen-bond donors (Lipinski definition) is 1. The van der Waals surface area contributed by atoms with Crippen LogP contribution in [0, 0.1) is 0 Å². The van der Waals surface area contributed by atoms with Crippen LogP contribution in [0.25, 0.3) is 0 Å². The predicted molar refractivity (Wildman–Crippen MR) is 68.0 cm³/mol. The van der Waals surface area contributed by atoms with E-state index in [2.05, 4.69) is 5.32 Å². The Bertz CT molecular complexity index is 564. The van der Waals surface area contributed by atoms with Crippen molar-refractivity contribution in [2.24, 2.45) is 0 Å². The number of rotatable bonds is 3. The molecule has 0 fully saturated rings. The minimum atomic E-state index is -3.32. The molecule has 0 heterocycles. The second-order valence-electron chi connectivity index (χ2n) is 3.40. The van der Waals surface area contributed by atoms with E-state index in [1.807, 2.05) is 0 Å². The zero-order valence-corrected chi connectivity index (χ0v) is 11.0. The van der Waals surface area contributed by atoms with E-state index in [9.17, 15) is 13.2 Å². The third-order valence-corrected chi connectivity index (χ3v) is 3.38. The van der Waals surface area contributed by atoms with Gasteiger partial charge in [0.1, 0.15) is 0 Å². The number of benzene rings is 1. The molecule has 1 rings (SSSR count). The van der Waals surface area contributed by atoms with E-state index >= 15 is 0 Å². The minimum absolute atomic E-state index is 0.109. The Balaban J connectivity index is 3.12. The summed E-state index contributed by atoms with van der Waals surface area (Å²) in [5.74, 6) is -0.361. The van der Waals surface area contributed by atoms with Crippen LogP contribution in [0.1, 0.15) is 6.92 Å². The van der Waals surface area contributed by atoms with E-state index in [4.69, 9.17) is 11.6 Å². The van der Waals surface area contributed by atoms with E-state index in [0.29, 0.717) is 0 Å². The van der Waals surface area contributed by atoms with Gasteiger partial charge in [-0.3, -0.25) is 4.79 Å². The normalized spacial score (nSPS) is 11.7. The average molecular weight is 274 g/mol. The number of nitrogens with one attached hydrogen (secondary N) is 1. The number of anilines is 1. The molecule has 92 valence electrons. The van der Waals surface area contributed by atoms with Crippen molar-refractivity contribution in [3.8, 4) is 0 Å². The molecule has 1 N–H and O–H groups in total. The molecule has 6 heteroatoms. The van der Waals surface area contributed by atoms with Gasteiger partial charge in [-0.1, -0.05) is 17.7 Å². The van der Waals surface area contributed by atoms with Crippen LogP contribution >= 0.6 is 11.6 Å². The molecule has 0 saturated carbocycles. The quantitative estimate of drug-likeness (QED) is 0.859. The molecule has 1 aromatic rings. The topological polar surface area (TPSA) is 63.2 Å². The lowest BCUT2D eigenvalue weighted by atomic mass is 10.3. The second-order valence-corrected chi connectivity index (χ2v) is 5.83. The summed E-state index contributed by atoms with van der Waals surface area (Å²) in [5, 5.41) is 2.79. The first-order valence-corrected chi connectivity index (χ1v) is 7.05. The van der Waals surface area contributed by atoms with Crippen molar-refractivity contribution in [3.05, 3.63) is 35.4 Å². The summed E-state index contributed by atoms with van der Waals surface area (Å²) in [6.45, 7) is 1.70. The molecule has 0 saturated heterocycles. The van der Waals surface area contributed by atoms with E-state index in [1.54, 1.807) is 13.0 Å². The monoisotopic (exact) mass is 273 g/mol. The average Bonchev–Trinajstić information content (AvgIpc) is 2.20. The van der Waals surface area contributed by atoms with Crippen LogP contribution in [0.15, 0.2) is 35.2 Å². The van der Waals surface area contributed by atoms with Gasteiger partial charge in [0.2, 0.25) is 5.91 Å². The molecular weight excluding hydrogens is 262 g/mol. The number of amides is 1. The zero-order chi connectivity index (χ0) is 13.1. The Kier molecular flexibility index (Phi) is 4.31. The summed E-state index contributed by atoms with van der Waals surface area (Å²) in [6, 6.07) is 4.16. The van der Waals surface area contributed by atoms with E-state index in [-0.39, 0.29) is 21.5 Å². The van der Waals surface area contributed by atoms with Crippen LogP contribution < -0.4 is 5.32 Å². The van der Waals surface area contributed by atoms with E-state index < -0.39 is 9.84 Å². The lowest BCUT2D eigenvalue weighted by Crippen LogP contribution is -2.09. The zero-order valence-electron chi connectivity index (χ0n) is 9.40.